The van der Waals surface area contributed by atoms with Gasteiger partial charge in [-0.3, -0.25) is 9.59 Å². The first-order valence-corrected chi connectivity index (χ1v) is 7.29. The highest BCUT2D eigenvalue weighted by Gasteiger charge is 2.20. The van der Waals surface area contributed by atoms with Crippen molar-refractivity contribution in [1.82, 2.24) is 4.90 Å². The highest BCUT2D eigenvalue weighted by Crippen LogP contribution is 2.29. The zero-order valence-electron chi connectivity index (χ0n) is 13.9. The summed E-state index contributed by atoms with van der Waals surface area (Å²) < 4.78 is 0. The molecule has 0 spiro atoms. The fourth-order valence-electron chi connectivity index (χ4n) is 2.25. The second-order valence-corrected chi connectivity index (χ2v) is 6.58. The first kappa shape index (κ1) is 17.2. The number of hydrogen-bond acceptors (Lipinski definition) is 2. The van der Waals surface area contributed by atoms with Crippen molar-refractivity contribution in [3.8, 4) is 0 Å². The number of nitrogens with zero attached hydrogens (tertiary/aromatic N) is 1. The van der Waals surface area contributed by atoms with Gasteiger partial charge in [0.2, 0.25) is 11.8 Å². The van der Waals surface area contributed by atoms with Crippen LogP contribution in [0.2, 0.25) is 0 Å². The van der Waals surface area contributed by atoms with Crippen molar-refractivity contribution >= 4 is 17.5 Å². The second-order valence-electron chi connectivity index (χ2n) is 6.58. The zero-order valence-corrected chi connectivity index (χ0v) is 13.9. The van der Waals surface area contributed by atoms with Gasteiger partial charge in [0.15, 0.2) is 0 Å². The lowest BCUT2D eigenvalue weighted by Gasteiger charge is -2.26. The number of anilines is 1. The van der Waals surface area contributed by atoms with Gasteiger partial charge in [-0.05, 0) is 30.9 Å². The lowest BCUT2D eigenvalue weighted by molar-refractivity contribution is -0.134. The summed E-state index contributed by atoms with van der Waals surface area (Å²) in [4.78, 5) is 25.3. The van der Waals surface area contributed by atoms with Gasteiger partial charge < -0.3 is 10.2 Å². The summed E-state index contributed by atoms with van der Waals surface area (Å²) in [5.41, 5.74) is 1.84. The third kappa shape index (κ3) is 4.88. The van der Waals surface area contributed by atoms with Crippen LogP contribution in [0.4, 0.5) is 5.69 Å². The second kappa shape index (κ2) is 6.74. The summed E-state index contributed by atoms with van der Waals surface area (Å²) in [7, 11) is 0. The smallest absolute Gasteiger partial charge is 0.244 e. The van der Waals surface area contributed by atoms with Crippen LogP contribution in [-0.4, -0.2) is 29.3 Å². The van der Waals surface area contributed by atoms with Gasteiger partial charge in [-0.1, -0.05) is 39.0 Å². The Morgan fingerprint density at radius 2 is 1.76 bits per heavy atom. The molecule has 0 aliphatic rings. The maximum absolute atomic E-state index is 12.2. The summed E-state index contributed by atoms with van der Waals surface area (Å²) in [6.45, 7) is 11.7. The van der Waals surface area contributed by atoms with E-state index in [1.54, 1.807) is 4.90 Å². The number of nitrogens with one attached hydrogen (secondary N) is 1. The molecule has 1 aromatic rings. The van der Waals surface area contributed by atoms with Crippen LogP contribution in [0.25, 0.3) is 0 Å². The van der Waals surface area contributed by atoms with E-state index in [1.807, 2.05) is 38.1 Å². The molecule has 0 bridgehead atoms. The quantitative estimate of drug-likeness (QED) is 0.926. The number of para-hydroxylation sites is 1. The van der Waals surface area contributed by atoms with Crippen LogP contribution in [0.15, 0.2) is 24.3 Å². The van der Waals surface area contributed by atoms with E-state index >= 15 is 0 Å². The average Bonchev–Trinajstić information content (AvgIpc) is 2.34. The largest absolute Gasteiger partial charge is 0.331 e. The molecule has 2 amide bonds. The van der Waals surface area contributed by atoms with E-state index in [1.165, 1.54) is 6.92 Å². The molecule has 0 aliphatic carbocycles. The molecule has 0 unspecified atom stereocenters. The molecule has 4 nitrogen and oxygen atoms in total. The molecule has 21 heavy (non-hydrogen) atoms. The van der Waals surface area contributed by atoms with Gasteiger partial charge in [-0.25, -0.2) is 0 Å². The molecule has 0 atom stereocenters. The Bertz CT molecular complexity index is 516. The monoisotopic (exact) mass is 290 g/mol. The van der Waals surface area contributed by atoms with E-state index in [-0.39, 0.29) is 29.8 Å². The minimum absolute atomic E-state index is 0.00566. The highest BCUT2D eigenvalue weighted by atomic mass is 16.2. The van der Waals surface area contributed by atoms with Crippen molar-refractivity contribution in [2.45, 2.75) is 53.0 Å². The number of rotatable bonds is 4. The molecule has 0 heterocycles. The van der Waals surface area contributed by atoms with Crippen LogP contribution >= 0.6 is 0 Å². The number of carbonyl (C=O) groups is 2. The fourth-order valence-corrected chi connectivity index (χ4v) is 2.25. The van der Waals surface area contributed by atoms with Gasteiger partial charge >= 0.3 is 0 Å². The normalized spacial score (nSPS) is 11.4. The third-order valence-corrected chi connectivity index (χ3v) is 3.35. The molecular weight excluding hydrogens is 264 g/mol. The maximum Gasteiger partial charge on any atom is 0.244 e. The summed E-state index contributed by atoms with van der Waals surface area (Å²) >= 11 is 0. The molecule has 1 N–H and O–H groups in total. The Morgan fingerprint density at radius 3 is 2.24 bits per heavy atom. The first-order chi connectivity index (χ1) is 9.62. The van der Waals surface area contributed by atoms with Gasteiger partial charge in [0.05, 0.1) is 0 Å². The van der Waals surface area contributed by atoms with Gasteiger partial charge in [0.1, 0.15) is 6.54 Å². The van der Waals surface area contributed by atoms with Crippen molar-refractivity contribution in [2.75, 3.05) is 11.9 Å². The van der Waals surface area contributed by atoms with Gasteiger partial charge in [0, 0.05) is 18.7 Å². The van der Waals surface area contributed by atoms with Crippen molar-refractivity contribution in [3.63, 3.8) is 0 Å². The summed E-state index contributed by atoms with van der Waals surface area (Å²) in [5, 5.41) is 2.92. The Kier molecular flexibility index (Phi) is 5.53. The van der Waals surface area contributed by atoms with Crippen LogP contribution in [0, 0.1) is 0 Å². The Morgan fingerprint density at radius 1 is 1.19 bits per heavy atom. The molecule has 4 heteroatoms. The minimum atomic E-state index is -0.171. The van der Waals surface area contributed by atoms with E-state index in [4.69, 9.17) is 0 Å². The fraction of sp³-hybridized carbons (Fsp3) is 0.529. The first-order valence-electron chi connectivity index (χ1n) is 7.29. The average molecular weight is 290 g/mol. The number of hydrogen-bond donors (Lipinski definition) is 1. The molecule has 0 saturated carbocycles. The Balaban J connectivity index is 2.87. The third-order valence-electron chi connectivity index (χ3n) is 3.35. The van der Waals surface area contributed by atoms with E-state index in [9.17, 15) is 9.59 Å². The number of carbonyl (C=O) groups excluding carboxylic acids is 2. The van der Waals surface area contributed by atoms with Crippen LogP contribution in [0.1, 0.15) is 47.1 Å². The van der Waals surface area contributed by atoms with Crippen LogP contribution < -0.4 is 5.32 Å². The summed E-state index contributed by atoms with van der Waals surface area (Å²) in [5.74, 6) is -0.264. The lowest BCUT2D eigenvalue weighted by atomic mass is 9.86. The van der Waals surface area contributed by atoms with Crippen molar-refractivity contribution in [3.05, 3.63) is 29.8 Å². The maximum atomic E-state index is 12.2. The van der Waals surface area contributed by atoms with Gasteiger partial charge in [-0.2, -0.15) is 0 Å². The minimum Gasteiger partial charge on any atom is -0.331 e. The van der Waals surface area contributed by atoms with E-state index in [0.717, 1.165) is 11.3 Å². The highest BCUT2D eigenvalue weighted by molar-refractivity contribution is 5.95. The summed E-state index contributed by atoms with van der Waals surface area (Å²) in [6, 6.07) is 7.78. The van der Waals surface area contributed by atoms with Crippen LogP contribution in [0.3, 0.4) is 0 Å². The molecule has 0 fully saturated rings. The van der Waals surface area contributed by atoms with Crippen LogP contribution in [0.5, 0.6) is 0 Å². The predicted octanol–water partition coefficient (Wildman–Crippen LogP) is 3.18. The van der Waals surface area contributed by atoms with Crippen molar-refractivity contribution in [1.29, 1.82) is 0 Å². The van der Waals surface area contributed by atoms with Crippen molar-refractivity contribution < 1.29 is 9.59 Å². The standard InChI is InChI=1S/C17H26N2O2/c1-12(2)19(13(3)20)11-16(21)18-15-10-8-7-9-14(15)17(4,5)6/h7-10,12H,11H2,1-6H3,(H,18,21). The van der Waals surface area contributed by atoms with E-state index < -0.39 is 0 Å². The zero-order chi connectivity index (χ0) is 16.2. The molecule has 1 aromatic carbocycles. The van der Waals surface area contributed by atoms with Crippen molar-refractivity contribution in [2.24, 2.45) is 0 Å². The predicted molar refractivity (Wildman–Crippen MR) is 86.3 cm³/mol. The molecule has 0 aliphatic heterocycles. The van der Waals surface area contributed by atoms with Gasteiger partial charge in [-0.15, -0.1) is 0 Å². The summed E-state index contributed by atoms with van der Waals surface area (Å²) in [6.07, 6.45) is 0. The molecular formula is C17H26N2O2. The molecule has 0 radical (unpaired) electrons. The molecule has 1 rings (SSSR count). The number of amides is 2. The lowest BCUT2D eigenvalue weighted by Crippen LogP contribution is -2.41. The molecule has 0 aromatic heterocycles. The Labute approximate surface area is 127 Å². The van der Waals surface area contributed by atoms with E-state index in [2.05, 4.69) is 26.1 Å². The SMILES string of the molecule is CC(=O)N(CC(=O)Nc1ccccc1C(C)(C)C)C(C)C. The number of benzene rings is 1. The topological polar surface area (TPSA) is 49.4 Å². The van der Waals surface area contributed by atoms with Gasteiger partial charge in [0.25, 0.3) is 0 Å². The Hall–Kier alpha value is -1.84. The van der Waals surface area contributed by atoms with E-state index in [0.29, 0.717) is 0 Å². The molecule has 0 saturated heterocycles. The van der Waals surface area contributed by atoms with Crippen LogP contribution in [-0.2, 0) is 15.0 Å². The molecule has 116 valence electrons.